The van der Waals surface area contributed by atoms with E-state index in [4.69, 9.17) is 5.73 Å². The van der Waals surface area contributed by atoms with Gasteiger partial charge in [-0.25, -0.2) is 9.67 Å². The first kappa shape index (κ1) is 17.9. The summed E-state index contributed by atoms with van der Waals surface area (Å²) in [5, 5.41) is 14.6. The fourth-order valence-electron chi connectivity index (χ4n) is 2.68. The van der Waals surface area contributed by atoms with Crippen molar-refractivity contribution in [1.82, 2.24) is 19.7 Å². The Hall–Kier alpha value is -2.93. The van der Waals surface area contributed by atoms with Crippen LogP contribution < -0.4 is 5.73 Å². The monoisotopic (exact) mass is 353 g/mol. The van der Waals surface area contributed by atoms with Gasteiger partial charge in [0.15, 0.2) is 11.6 Å². The number of nitrogens with one attached hydrogen (secondary N) is 1. The van der Waals surface area contributed by atoms with E-state index in [9.17, 15) is 9.90 Å². The number of nitrogens with two attached hydrogens (primary N) is 1. The Labute approximate surface area is 151 Å². The molecule has 2 heterocycles. The van der Waals surface area contributed by atoms with Crippen LogP contribution in [0.4, 0.5) is 0 Å². The van der Waals surface area contributed by atoms with Gasteiger partial charge in [0.1, 0.15) is 0 Å². The van der Waals surface area contributed by atoms with Gasteiger partial charge in [0, 0.05) is 16.8 Å². The number of hydrogen-bond acceptors (Lipinski definition) is 4. The van der Waals surface area contributed by atoms with E-state index in [0.29, 0.717) is 30.2 Å². The number of aliphatic hydroxyl groups excluding tert-OH is 1. The van der Waals surface area contributed by atoms with Crippen LogP contribution in [0.25, 0.3) is 22.9 Å². The first-order valence-electron chi connectivity index (χ1n) is 8.73. The van der Waals surface area contributed by atoms with Gasteiger partial charge in [-0.3, -0.25) is 4.79 Å². The van der Waals surface area contributed by atoms with Gasteiger partial charge < -0.3 is 15.8 Å². The van der Waals surface area contributed by atoms with Crippen LogP contribution in [0.5, 0.6) is 0 Å². The third kappa shape index (κ3) is 3.67. The van der Waals surface area contributed by atoms with Crippen molar-refractivity contribution in [3.63, 3.8) is 0 Å². The standard InChI is InChI=1S/C19H23N5O2/c1-3-14-9-10-16(21-14)19-22-18(23-24(19)11-15(25)4-2)13-7-5-12(6-8-13)17(20)26/h5-10,15,21,25H,3-4,11H2,1-2H3,(H2,20,26)/t15-/m0/s1. The maximum absolute atomic E-state index is 11.2. The minimum absolute atomic E-state index is 0.360. The predicted octanol–water partition coefficient (Wildman–Crippen LogP) is 2.37. The summed E-state index contributed by atoms with van der Waals surface area (Å²) in [5.74, 6) is 0.735. The van der Waals surface area contributed by atoms with Gasteiger partial charge in [0.2, 0.25) is 5.91 Å². The van der Waals surface area contributed by atoms with Crippen LogP contribution in [0.1, 0.15) is 36.3 Å². The third-order valence-electron chi connectivity index (χ3n) is 4.32. The smallest absolute Gasteiger partial charge is 0.248 e. The number of primary amides is 1. The van der Waals surface area contributed by atoms with Crippen molar-refractivity contribution in [3.05, 3.63) is 47.7 Å². The molecule has 0 aliphatic heterocycles. The third-order valence-corrected chi connectivity index (χ3v) is 4.32. The Morgan fingerprint density at radius 3 is 2.54 bits per heavy atom. The van der Waals surface area contributed by atoms with Crippen LogP contribution in [-0.4, -0.2) is 36.9 Å². The largest absolute Gasteiger partial charge is 0.391 e. The lowest BCUT2D eigenvalue weighted by molar-refractivity contribution is 0.1000. The minimum atomic E-state index is -0.499. The molecule has 0 radical (unpaired) electrons. The highest BCUT2D eigenvalue weighted by molar-refractivity contribution is 5.93. The highest BCUT2D eigenvalue weighted by Gasteiger charge is 2.17. The van der Waals surface area contributed by atoms with E-state index in [1.54, 1.807) is 28.9 Å². The first-order valence-corrected chi connectivity index (χ1v) is 8.73. The zero-order chi connectivity index (χ0) is 18.7. The number of rotatable bonds is 7. The molecule has 0 saturated heterocycles. The fourth-order valence-corrected chi connectivity index (χ4v) is 2.68. The van der Waals surface area contributed by atoms with Crippen LogP contribution in [0.2, 0.25) is 0 Å². The van der Waals surface area contributed by atoms with Crippen molar-refractivity contribution in [2.45, 2.75) is 39.3 Å². The Kier molecular flexibility index (Phi) is 5.18. The van der Waals surface area contributed by atoms with Gasteiger partial charge in [-0.2, -0.15) is 5.10 Å². The molecular weight excluding hydrogens is 330 g/mol. The molecule has 0 bridgehead atoms. The number of aliphatic hydroxyl groups is 1. The number of H-pyrrole nitrogens is 1. The summed E-state index contributed by atoms with van der Waals surface area (Å²) in [6, 6.07) is 10.8. The lowest BCUT2D eigenvalue weighted by atomic mass is 10.1. The van der Waals surface area contributed by atoms with E-state index in [0.717, 1.165) is 23.4 Å². The van der Waals surface area contributed by atoms with Crippen LogP contribution in [0, 0.1) is 0 Å². The van der Waals surface area contributed by atoms with Gasteiger partial charge >= 0.3 is 0 Å². The van der Waals surface area contributed by atoms with E-state index in [1.807, 2.05) is 19.1 Å². The van der Waals surface area contributed by atoms with E-state index in [-0.39, 0.29) is 0 Å². The van der Waals surface area contributed by atoms with Crippen LogP contribution in [-0.2, 0) is 13.0 Å². The van der Waals surface area contributed by atoms with Gasteiger partial charge in [-0.15, -0.1) is 0 Å². The minimum Gasteiger partial charge on any atom is -0.391 e. The molecular formula is C19H23N5O2. The zero-order valence-electron chi connectivity index (χ0n) is 14.9. The number of aromatic amines is 1. The van der Waals surface area contributed by atoms with E-state index >= 15 is 0 Å². The molecule has 0 unspecified atom stereocenters. The van der Waals surface area contributed by atoms with Crippen molar-refractivity contribution in [2.24, 2.45) is 5.73 Å². The van der Waals surface area contributed by atoms with E-state index in [1.165, 1.54) is 0 Å². The fraction of sp³-hybridized carbons (Fsp3) is 0.316. The lowest BCUT2D eigenvalue weighted by Crippen LogP contribution is -2.16. The molecule has 1 aromatic carbocycles. The summed E-state index contributed by atoms with van der Waals surface area (Å²) in [6.45, 7) is 4.36. The molecule has 0 saturated carbocycles. The van der Waals surface area contributed by atoms with Crippen LogP contribution in [0.3, 0.4) is 0 Å². The Balaban J connectivity index is 2.01. The zero-order valence-corrected chi connectivity index (χ0v) is 14.9. The molecule has 2 aromatic heterocycles. The molecule has 136 valence electrons. The molecule has 0 spiro atoms. The molecule has 0 aliphatic carbocycles. The molecule has 7 heteroatoms. The second kappa shape index (κ2) is 7.53. The SMILES string of the molecule is CCc1ccc(-c2nc(-c3ccc(C(N)=O)cc3)nn2C[C@@H](O)CC)[nH]1. The normalized spacial score (nSPS) is 12.3. The van der Waals surface area contributed by atoms with Crippen LogP contribution in [0.15, 0.2) is 36.4 Å². The molecule has 0 aliphatic rings. The topological polar surface area (TPSA) is 110 Å². The number of nitrogens with zero attached hydrogens (tertiary/aromatic N) is 3. The van der Waals surface area contributed by atoms with Crippen molar-refractivity contribution < 1.29 is 9.90 Å². The second-order valence-corrected chi connectivity index (χ2v) is 6.20. The van der Waals surface area contributed by atoms with Gasteiger partial charge in [0.25, 0.3) is 0 Å². The first-order chi connectivity index (χ1) is 12.5. The molecule has 3 aromatic rings. The summed E-state index contributed by atoms with van der Waals surface area (Å²) in [7, 11) is 0. The number of aryl methyl sites for hydroxylation is 1. The maximum atomic E-state index is 11.2. The Bertz CT molecular complexity index is 895. The number of carbonyl (C=O) groups is 1. The quantitative estimate of drug-likeness (QED) is 0.605. The number of amides is 1. The Morgan fingerprint density at radius 2 is 1.96 bits per heavy atom. The predicted molar refractivity (Wildman–Crippen MR) is 99.4 cm³/mol. The highest BCUT2D eigenvalue weighted by Crippen LogP contribution is 2.23. The van der Waals surface area contributed by atoms with E-state index < -0.39 is 12.0 Å². The Morgan fingerprint density at radius 1 is 1.23 bits per heavy atom. The summed E-state index contributed by atoms with van der Waals surface area (Å²) in [6.07, 6.45) is 1.03. The van der Waals surface area contributed by atoms with Crippen LogP contribution >= 0.6 is 0 Å². The summed E-state index contributed by atoms with van der Waals surface area (Å²) in [5.41, 5.74) is 8.47. The summed E-state index contributed by atoms with van der Waals surface area (Å²) in [4.78, 5) is 19.2. The molecule has 0 fully saturated rings. The van der Waals surface area contributed by atoms with Gasteiger partial charge in [0.05, 0.1) is 18.3 Å². The van der Waals surface area contributed by atoms with Crippen molar-refractivity contribution >= 4 is 5.91 Å². The molecule has 1 amide bonds. The second-order valence-electron chi connectivity index (χ2n) is 6.20. The lowest BCUT2D eigenvalue weighted by Gasteiger charge is -2.09. The number of benzene rings is 1. The van der Waals surface area contributed by atoms with Gasteiger partial charge in [-0.05, 0) is 37.1 Å². The van der Waals surface area contributed by atoms with Crippen molar-refractivity contribution in [1.29, 1.82) is 0 Å². The van der Waals surface area contributed by atoms with Gasteiger partial charge in [-0.1, -0.05) is 26.0 Å². The summed E-state index contributed by atoms with van der Waals surface area (Å²) >= 11 is 0. The van der Waals surface area contributed by atoms with E-state index in [2.05, 4.69) is 22.0 Å². The average molecular weight is 353 g/mol. The van der Waals surface area contributed by atoms with Crippen molar-refractivity contribution in [3.8, 4) is 22.9 Å². The highest BCUT2D eigenvalue weighted by atomic mass is 16.3. The average Bonchev–Trinajstić information content (AvgIpc) is 3.28. The summed E-state index contributed by atoms with van der Waals surface area (Å²) < 4.78 is 1.72. The number of aromatic nitrogens is 4. The molecule has 1 atom stereocenters. The molecule has 7 nitrogen and oxygen atoms in total. The maximum Gasteiger partial charge on any atom is 0.248 e. The molecule has 3 rings (SSSR count). The van der Waals surface area contributed by atoms with Crippen molar-refractivity contribution in [2.75, 3.05) is 0 Å². The molecule has 26 heavy (non-hydrogen) atoms. The molecule has 4 N–H and O–H groups in total. The number of carbonyl (C=O) groups excluding carboxylic acids is 1. The number of hydrogen-bond donors (Lipinski definition) is 3.